The van der Waals surface area contributed by atoms with Gasteiger partial charge >= 0.3 is 0 Å². The van der Waals surface area contributed by atoms with E-state index in [4.69, 9.17) is 9.47 Å². The van der Waals surface area contributed by atoms with E-state index < -0.39 is 0 Å². The molecule has 0 aliphatic heterocycles. The molecule has 1 aromatic carbocycles. The lowest BCUT2D eigenvalue weighted by Gasteiger charge is -2.12. The molecule has 1 heterocycles. The number of methoxy groups -OCH3 is 2. The average Bonchev–Trinajstić information content (AvgIpc) is 2.53. The van der Waals surface area contributed by atoms with Crippen LogP contribution >= 0.6 is 0 Å². The van der Waals surface area contributed by atoms with Crippen molar-refractivity contribution in [3.05, 3.63) is 42.2 Å². The van der Waals surface area contributed by atoms with Gasteiger partial charge < -0.3 is 20.1 Å². The predicted octanol–water partition coefficient (Wildman–Crippen LogP) is 3.14. The Bertz CT molecular complexity index is 587. The number of ether oxygens (including phenoxy) is 2. The number of anilines is 2. The van der Waals surface area contributed by atoms with Gasteiger partial charge in [0.05, 0.1) is 38.0 Å². The maximum atomic E-state index is 5.39. The van der Waals surface area contributed by atoms with Crippen LogP contribution in [-0.2, 0) is 6.54 Å². The van der Waals surface area contributed by atoms with Gasteiger partial charge in [0.15, 0.2) is 0 Å². The molecule has 0 saturated heterocycles. The molecule has 1 aromatic heterocycles. The molecular formula is C16H21N3O2. The lowest BCUT2D eigenvalue weighted by molar-refractivity contribution is 0.391. The molecule has 2 aromatic rings. The van der Waals surface area contributed by atoms with E-state index in [-0.39, 0.29) is 0 Å². The second-order valence-corrected chi connectivity index (χ2v) is 4.52. The van der Waals surface area contributed by atoms with Gasteiger partial charge in [-0.1, -0.05) is 0 Å². The normalized spacial score (nSPS) is 10.0. The molecule has 2 N–H and O–H groups in total. The molecule has 0 amide bonds. The molecule has 0 spiro atoms. The Labute approximate surface area is 125 Å². The smallest absolute Gasteiger partial charge is 0.127 e. The maximum Gasteiger partial charge on any atom is 0.127 e. The number of hydrogen-bond acceptors (Lipinski definition) is 5. The third-order valence-corrected chi connectivity index (χ3v) is 3.10. The predicted molar refractivity (Wildman–Crippen MR) is 85.3 cm³/mol. The van der Waals surface area contributed by atoms with E-state index in [0.717, 1.165) is 35.0 Å². The van der Waals surface area contributed by atoms with Crippen LogP contribution in [0.3, 0.4) is 0 Å². The molecule has 0 unspecified atom stereocenters. The Kier molecular flexibility index (Phi) is 5.26. The summed E-state index contributed by atoms with van der Waals surface area (Å²) in [5, 5.41) is 6.59. The zero-order chi connectivity index (χ0) is 15.1. The number of benzene rings is 1. The minimum atomic E-state index is 0.657. The summed E-state index contributed by atoms with van der Waals surface area (Å²) in [6, 6.07) is 7.83. The van der Waals surface area contributed by atoms with Crippen molar-refractivity contribution in [1.29, 1.82) is 0 Å². The van der Waals surface area contributed by atoms with Crippen LogP contribution in [-0.4, -0.2) is 25.7 Å². The van der Waals surface area contributed by atoms with Crippen molar-refractivity contribution in [2.45, 2.75) is 13.5 Å². The SMILES string of the molecule is CCNc1cncc(NCc2ccc(OC)cc2OC)c1. The molecular weight excluding hydrogens is 266 g/mol. The van der Waals surface area contributed by atoms with Crippen molar-refractivity contribution in [3.8, 4) is 11.5 Å². The van der Waals surface area contributed by atoms with E-state index in [0.29, 0.717) is 6.54 Å². The fourth-order valence-electron chi connectivity index (χ4n) is 2.03. The third kappa shape index (κ3) is 4.02. The molecule has 0 saturated carbocycles. The van der Waals surface area contributed by atoms with Crippen molar-refractivity contribution in [1.82, 2.24) is 4.98 Å². The second kappa shape index (κ2) is 7.38. The van der Waals surface area contributed by atoms with Crippen LogP contribution in [0.25, 0.3) is 0 Å². The summed E-state index contributed by atoms with van der Waals surface area (Å²) in [6.07, 6.45) is 3.61. The van der Waals surface area contributed by atoms with Crippen LogP contribution in [0.4, 0.5) is 11.4 Å². The van der Waals surface area contributed by atoms with E-state index in [9.17, 15) is 0 Å². The van der Waals surface area contributed by atoms with Crippen LogP contribution in [0.5, 0.6) is 11.5 Å². The first-order valence-electron chi connectivity index (χ1n) is 6.90. The summed E-state index contributed by atoms with van der Waals surface area (Å²) in [4.78, 5) is 4.21. The summed E-state index contributed by atoms with van der Waals surface area (Å²) in [5.74, 6) is 1.59. The Balaban J connectivity index is 2.07. The largest absolute Gasteiger partial charge is 0.497 e. The standard InChI is InChI=1S/C16H21N3O2/c1-4-18-13-7-14(11-17-10-13)19-9-12-5-6-15(20-2)8-16(12)21-3/h5-8,10-11,18-19H,4,9H2,1-3H3. The highest BCUT2D eigenvalue weighted by Crippen LogP contribution is 2.25. The molecule has 0 aliphatic rings. The van der Waals surface area contributed by atoms with Crippen molar-refractivity contribution in [3.63, 3.8) is 0 Å². The van der Waals surface area contributed by atoms with E-state index >= 15 is 0 Å². The van der Waals surface area contributed by atoms with E-state index in [1.165, 1.54) is 0 Å². The van der Waals surface area contributed by atoms with Gasteiger partial charge in [-0.3, -0.25) is 4.98 Å². The lowest BCUT2D eigenvalue weighted by atomic mass is 10.2. The number of pyridine rings is 1. The number of aromatic nitrogens is 1. The summed E-state index contributed by atoms with van der Waals surface area (Å²) >= 11 is 0. The van der Waals surface area contributed by atoms with Gasteiger partial charge in [-0.2, -0.15) is 0 Å². The van der Waals surface area contributed by atoms with Crippen LogP contribution in [0.15, 0.2) is 36.7 Å². The zero-order valence-corrected chi connectivity index (χ0v) is 12.6. The van der Waals surface area contributed by atoms with Gasteiger partial charge in [-0.05, 0) is 25.1 Å². The molecule has 5 nitrogen and oxygen atoms in total. The quantitative estimate of drug-likeness (QED) is 0.819. The fraction of sp³-hybridized carbons (Fsp3) is 0.312. The average molecular weight is 287 g/mol. The zero-order valence-electron chi connectivity index (χ0n) is 12.6. The number of nitrogens with zero attached hydrogens (tertiary/aromatic N) is 1. The highest BCUT2D eigenvalue weighted by molar-refractivity contribution is 5.54. The van der Waals surface area contributed by atoms with Gasteiger partial charge in [0.25, 0.3) is 0 Å². The molecule has 0 bridgehead atoms. The number of hydrogen-bond donors (Lipinski definition) is 2. The molecule has 0 aliphatic carbocycles. The van der Waals surface area contributed by atoms with Crippen LogP contribution in [0.2, 0.25) is 0 Å². The Morgan fingerprint density at radius 2 is 1.76 bits per heavy atom. The van der Waals surface area contributed by atoms with Gasteiger partial charge in [-0.15, -0.1) is 0 Å². The maximum absolute atomic E-state index is 5.39. The van der Waals surface area contributed by atoms with E-state index in [2.05, 4.69) is 22.5 Å². The number of rotatable bonds is 7. The molecule has 0 fully saturated rings. The molecule has 0 atom stereocenters. The minimum absolute atomic E-state index is 0.657. The first-order chi connectivity index (χ1) is 10.3. The van der Waals surface area contributed by atoms with E-state index in [1.54, 1.807) is 20.4 Å². The van der Waals surface area contributed by atoms with Crippen LogP contribution in [0, 0.1) is 0 Å². The summed E-state index contributed by atoms with van der Waals surface area (Å²) in [5.41, 5.74) is 3.03. The van der Waals surface area contributed by atoms with Gasteiger partial charge in [0.1, 0.15) is 11.5 Å². The fourth-order valence-corrected chi connectivity index (χ4v) is 2.03. The lowest BCUT2D eigenvalue weighted by Crippen LogP contribution is -2.03. The summed E-state index contributed by atoms with van der Waals surface area (Å²) in [6.45, 7) is 3.59. The summed E-state index contributed by atoms with van der Waals surface area (Å²) < 4.78 is 10.6. The van der Waals surface area contributed by atoms with E-state index in [1.807, 2.05) is 30.5 Å². The molecule has 5 heteroatoms. The highest BCUT2D eigenvalue weighted by atomic mass is 16.5. The van der Waals surface area contributed by atoms with Crippen LogP contribution < -0.4 is 20.1 Å². The minimum Gasteiger partial charge on any atom is -0.497 e. The first-order valence-corrected chi connectivity index (χ1v) is 6.90. The monoisotopic (exact) mass is 287 g/mol. The molecule has 21 heavy (non-hydrogen) atoms. The Hall–Kier alpha value is -2.43. The van der Waals surface area contributed by atoms with Crippen molar-refractivity contribution >= 4 is 11.4 Å². The molecule has 2 rings (SSSR count). The van der Waals surface area contributed by atoms with Gasteiger partial charge in [-0.25, -0.2) is 0 Å². The van der Waals surface area contributed by atoms with Gasteiger partial charge in [0, 0.05) is 24.7 Å². The molecule has 0 radical (unpaired) electrons. The van der Waals surface area contributed by atoms with Crippen molar-refractivity contribution in [2.75, 3.05) is 31.4 Å². The second-order valence-electron chi connectivity index (χ2n) is 4.52. The van der Waals surface area contributed by atoms with Crippen molar-refractivity contribution in [2.24, 2.45) is 0 Å². The highest BCUT2D eigenvalue weighted by Gasteiger charge is 2.05. The van der Waals surface area contributed by atoms with Gasteiger partial charge in [0.2, 0.25) is 0 Å². The Morgan fingerprint density at radius 3 is 2.43 bits per heavy atom. The third-order valence-electron chi connectivity index (χ3n) is 3.10. The summed E-state index contributed by atoms with van der Waals surface area (Å²) in [7, 11) is 3.30. The van der Waals surface area contributed by atoms with Crippen molar-refractivity contribution < 1.29 is 9.47 Å². The first kappa shape index (κ1) is 15.0. The molecule has 112 valence electrons. The topological polar surface area (TPSA) is 55.4 Å². The number of nitrogens with one attached hydrogen (secondary N) is 2. The van der Waals surface area contributed by atoms with Crippen LogP contribution in [0.1, 0.15) is 12.5 Å². The Morgan fingerprint density at radius 1 is 1.00 bits per heavy atom.